The average molecular weight is 349 g/mol. The minimum atomic E-state index is -0.191. The molecule has 134 valence electrons. The number of oxazole rings is 1. The molecule has 1 aromatic carbocycles. The molecule has 0 fully saturated rings. The number of amides is 1. The standard InChI is InChI=1S/C21H23N3O2/c1-14-20(23-15(2)26-14)21(25)22-13-16-6-7-17-8-10-24(19-4-3-5-19)11-9-18(17)12-16/h3-7,12H,8-11,13H2,1-2H3,(H,22,25). The molecule has 26 heavy (non-hydrogen) atoms. The smallest absolute Gasteiger partial charge is 0.273 e. The summed E-state index contributed by atoms with van der Waals surface area (Å²) in [6.45, 7) is 6.10. The van der Waals surface area contributed by atoms with Crippen LogP contribution in [0.3, 0.4) is 0 Å². The van der Waals surface area contributed by atoms with E-state index in [1.54, 1.807) is 13.8 Å². The first-order valence-electron chi connectivity index (χ1n) is 9.06. The highest BCUT2D eigenvalue weighted by atomic mass is 16.4. The Labute approximate surface area is 153 Å². The van der Waals surface area contributed by atoms with Crippen molar-refractivity contribution in [3.05, 3.63) is 76.2 Å². The summed E-state index contributed by atoms with van der Waals surface area (Å²) in [6, 6.07) is 6.54. The van der Waals surface area contributed by atoms with Crippen LogP contribution in [0.1, 0.15) is 38.8 Å². The first kappa shape index (κ1) is 16.6. The summed E-state index contributed by atoms with van der Waals surface area (Å²) < 4.78 is 5.33. The number of nitrogens with one attached hydrogen (secondary N) is 1. The summed E-state index contributed by atoms with van der Waals surface area (Å²) in [5.41, 5.74) is 5.62. The van der Waals surface area contributed by atoms with E-state index in [1.807, 2.05) is 0 Å². The maximum Gasteiger partial charge on any atom is 0.273 e. The van der Waals surface area contributed by atoms with Crippen LogP contribution in [-0.4, -0.2) is 28.9 Å². The van der Waals surface area contributed by atoms with Gasteiger partial charge in [0.05, 0.1) is 0 Å². The van der Waals surface area contributed by atoms with Gasteiger partial charge in [0.15, 0.2) is 11.6 Å². The third-order valence-electron chi connectivity index (χ3n) is 5.04. The van der Waals surface area contributed by atoms with Crippen LogP contribution in [0.4, 0.5) is 0 Å². The number of carbonyl (C=O) groups excluding carboxylic acids is 1. The highest BCUT2D eigenvalue weighted by Gasteiger charge is 2.18. The molecule has 2 aliphatic rings. The molecular weight excluding hydrogens is 326 g/mol. The highest BCUT2D eigenvalue weighted by Crippen LogP contribution is 2.22. The molecule has 0 atom stereocenters. The lowest BCUT2D eigenvalue weighted by molar-refractivity contribution is 0.0945. The molecule has 1 N–H and O–H groups in total. The molecule has 5 heteroatoms. The van der Waals surface area contributed by atoms with Gasteiger partial charge in [-0.15, -0.1) is 0 Å². The number of hydrogen-bond acceptors (Lipinski definition) is 4. The number of fused-ring (bicyclic) bond motifs is 1. The topological polar surface area (TPSA) is 58.4 Å². The van der Waals surface area contributed by atoms with Gasteiger partial charge in [-0.05, 0) is 48.6 Å². The average Bonchev–Trinajstić information content (AvgIpc) is 2.79. The number of carbonyl (C=O) groups is 1. The Balaban J connectivity index is 1.41. The molecule has 0 unspecified atom stereocenters. The number of hydrogen-bond donors (Lipinski definition) is 1. The fourth-order valence-electron chi connectivity index (χ4n) is 3.55. The van der Waals surface area contributed by atoms with E-state index in [0.717, 1.165) is 31.5 Å². The zero-order chi connectivity index (χ0) is 18.1. The van der Waals surface area contributed by atoms with Crippen molar-refractivity contribution in [2.24, 2.45) is 0 Å². The summed E-state index contributed by atoms with van der Waals surface area (Å²) in [5.74, 6) is 0.879. The molecule has 0 saturated heterocycles. The van der Waals surface area contributed by atoms with Gasteiger partial charge in [-0.2, -0.15) is 0 Å². The SMILES string of the molecule is Cc1nc(C(=O)NCc2ccc3c(c2)CCN(C2=CC=C2)CC3)c(C)o1. The molecule has 1 aromatic heterocycles. The number of benzene rings is 1. The molecule has 1 aliphatic heterocycles. The van der Waals surface area contributed by atoms with E-state index in [-0.39, 0.29) is 5.91 Å². The fraction of sp³-hybridized carbons (Fsp3) is 0.333. The third kappa shape index (κ3) is 3.29. The summed E-state index contributed by atoms with van der Waals surface area (Å²) in [6.07, 6.45) is 8.52. The highest BCUT2D eigenvalue weighted by molar-refractivity contribution is 5.93. The quantitative estimate of drug-likeness (QED) is 0.922. The molecule has 2 aromatic rings. The summed E-state index contributed by atoms with van der Waals surface area (Å²) >= 11 is 0. The van der Waals surface area contributed by atoms with Crippen LogP contribution >= 0.6 is 0 Å². The Morgan fingerprint density at radius 1 is 1.23 bits per heavy atom. The van der Waals surface area contributed by atoms with Crippen LogP contribution < -0.4 is 5.32 Å². The number of aromatic nitrogens is 1. The maximum atomic E-state index is 12.3. The predicted octanol–water partition coefficient (Wildman–Crippen LogP) is 3.08. The first-order chi connectivity index (χ1) is 12.6. The first-order valence-corrected chi connectivity index (χ1v) is 9.06. The van der Waals surface area contributed by atoms with Crippen molar-refractivity contribution in [1.82, 2.24) is 15.2 Å². The van der Waals surface area contributed by atoms with Gasteiger partial charge in [0, 0.05) is 32.3 Å². The number of allylic oxidation sites excluding steroid dienone is 3. The van der Waals surface area contributed by atoms with E-state index >= 15 is 0 Å². The van der Waals surface area contributed by atoms with Crippen molar-refractivity contribution in [1.29, 1.82) is 0 Å². The Hall–Kier alpha value is -2.82. The third-order valence-corrected chi connectivity index (χ3v) is 5.04. The minimum Gasteiger partial charge on any atom is -0.445 e. The molecular formula is C21H23N3O2. The van der Waals surface area contributed by atoms with Gasteiger partial charge in [-0.1, -0.05) is 24.3 Å². The van der Waals surface area contributed by atoms with Crippen LogP contribution in [-0.2, 0) is 19.4 Å². The van der Waals surface area contributed by atoms with E-state index in [1.165, 1.54) is 16.8 Å². The maximum absolute atomic E-state index is 12.3. The molecule has 0 spiro atoms. The zero-order valence-electron chi connectivity index (χ0n) is 15.2. The molecule has 0 saturated carbocycles. The minimum absolute atomic E-state index is 0.191. The number of rotatable bonds is 4. The fourth-order valence-corrected chi connectivity index (χ4v) is 3.55. The summed E-state index contributed by atoms with van der Waals surface area (Å²) in [7, 11) is 0. The van der Waals surface area contributed by atoms with Gasteiger partial charge in [0.2, 0.25) is 0 Å². The zero-order valence-corrected chi connectivity index (χ0v) is 15.2. The molecule has 1 aliphatic carbocycles. The Morgan fingerprint density at radius 3 is 2.65 bits per heavy atom. The van der Waals surface area contributed by atoms with Crippen molar-refractivity contribution >= 4 is 5.91 Å². The molecule has 4 rings (SSSR count). The molecule has 0 bridgehead atoms. The predicted molar refractivity (Wildman–Crippen MR) is 99.8 cm³/mol. The normalized spacial score (nSPS) is 15.8. The van der Waals surface area contributed by atoms with Gasteiger partial charge in [0.1, 0.15) is 5.76 Å². The van der Waals surface area contributed by atoms with E-state index in [2.05, 4.69) is 51.6 Å². The Morgan fingerprint density at radius 2 is 2.00 bits per heavy atom. The van der Waals surface area contributed by atoms with Gasteiger partial charge in [-0.3, -0.25) is 4.79 Å². The van der Waals surface area contributed by atoms with Gasteiger partial charge < -0.3 is 14.6 Å². The van der Waals surface area contributed by atoms with E-state index in [0.29, 0.717) is 23.9 Å². The van der Waals surface area contributed by atoms with Crippen LogP contribution in [0.5, 0.6) is 0 Å². The van der Waals surface area contributed by atoms with Crippen molar-refractivity contribution in [3.63, 3.8) is 0 Å². The van der Waals surface area contributed by atoms with Crippen LogP contribution in [0.25, 0.3) is 0 Å². The van der Waals surface area contributed by atoms with Crippen molar-refractivity contribution in [2.75, 3.05) is 13.1 Å². The monoisotopic (exact) mass is 349 g/mol. The van der Waals surface area contributed by atoms with E-state index in [4.69, 9.17) is 4.42 Å². The largest absolute Gasteiger partial charge is 0.445 e. The molecule has 5 nitrogen and oxygen atoms in total. The molecule has 1 amide bonds. The lowest BCUT2D eigenvalue weighted by Gasteiger charge is -2.26. The van der Waals surface area contributed by atoms with Crippen LogP contribution in [0.15, 0.2) is 46.5 Å². The lowest BCUT2D eigenvalue weighted by atomic mass is 10.00. The second kappa shape index (κ2) is 6.83. The van der Waals surface area contributed by atoms with Gasteiger partial charge >= 0.3 is 0 Å². The second-order valence-electron chi connectivity index (χ2n) is 6.86. The molecule has 0 radical (unpaired) electrons. The lowest BCUT2D eigenvalue weighted by Crippen LogP contribution is -2.26. The van der Waals surface area contributed by atoms with Crippen molar-refractivity contribution in [3.8, 4) is 0 Å². The van der Waals surface area contributed by atoms with Crippen molar-refractivity contribution < 1.29 is 9.21 Å². The Bertz CT molecular complexity index is 908. The Kier molecular flexibility index (Phi) is 4.37. The summed E-state index contributed by atoms with van der Waals surface area (Å²) in [5, 5.41) is 2.95. The van der Waals surface area contributed by atoms with Gasteiger partial charge in [-0.25, -0.2) is 4.98 Å². The molecule has 2 heterocycles. The van der Waals surface area contributed by atoms with Crippen LogP contribution in [0.2, 0.25) is 0 Å². The van der Waals surface area contributed by atoms with Crippen molar-refractivity contribution in [2.45, 2.75) is 33.2 Å². The van der Waals surface area contributed by atoms with E-state index < -0.39 is 0 Å². The van der Waals surface area contributed by atoms with Gasteiger partial charge in [0.25, 0.3) is 5.91 Å². The second-order valence-corrected chi connectivity index (χ2v) is 6.86. The van der Waals surface area contributed by atoms with Crippen LogP contribution in [0, 0.1) is 13.8 Å². The number of nitrogens with zero attached hydrogens (tertiary/aromatic N) is 2. The van der Waals surface area contributed by atoms with E-state index in [9.17, 15) is 4.79 Å². The summed E-state index contributed by atoms with van der Waals surface area (Å²) in [4.78, 5) is 18.9. The number of aryl methyl sites for hydroxylation is 2.